The molecule has 2 aromatic rings. The summed E-state index contributed by atoms with van der Waals surface area (Å²) in [6, 6.07) is 4.47. The van der Waals surface area contributed by atoms with Crippen LogP contribution in [0.2, 0.25) is 0 Å². The van der Waals surface area contributed by atoms with Crippen LogP contribution in [0.1, 0.15) is 65.1 Å². The van der Waals surface area contributed by atoms with Crippen molar-refractivity contribution in [2.45, 2.75) is 64.4 Å². The molecule has 4 rings (SSSR count). The van der Waals surface area contributed by atoms with Crippen LogP contribution in [-0.4, -0.2) is 69.2 Å². The third kappa shape index (κ3) is 5.43. The Hall–Kier alpha value is -2.72. The van der Waals surface area contributed by atoms with Crippen LogP contribution in [0.5, 0.6) is 5.75 Å². The van der Waals surface area contributed by atoms with E-state index < -0.39 is 18.1 Å². The summed E-state index contributed by atoms with van der Waals surface area (Å²) in [6.07, 6.45) is -0.258. The van der Waals surface area contributed by atoms with E-state index in [9.17, 15) is 23.1 Å². The Morgan fingerprint density at radius 2 is 1.89 bits per heavy atom. The van der Waals surface area contributed by atoms with Crippen molar-refractivity contribution in [3.05, 3.63) is 52.6 Å². The first-order chi connectivity index (χ1) is 16.6. The number of carbonyl (C=O) groups is 1. The molecular weight excluding hydrogens is 461 g/mol. The second kappa shape index (κ2) is 10.1. The number of rotatable bonds is 5. The van der Waals surface area contributed by atoms with Gasteiger partial charge in [-0.25, -0.2) is 9.97 Å². The molecule has 1 unspecified atom stereocenters. The lowest BCUT2D eigenvalue weighted by molar-refractivity contribution is -0.145. The van der Waals surface area contributed by atoms with Crippen molar-refractivity contribution in [3.63, 3.8) is 0 Å². The maximum atomic E-state index is 12.9. The van der Waals surface area contributed by atoms with Crippen molar-refractivity contribution in [1.82, 2.24) is 19.8 Å². The molecule has 0 radical (unpaired) electrons. The van der Waals surface area contributed by atoms with Gasteiger partial charge in [0.1, 0.15) is 12.4 Å². The molecule has 0 bridgehead atoms. The second-order valence-electron chi connectivity index (χ2n) is 9.45. The number of hydrogen-bond acceptors (Lipinski definition) is 6. The highest BCUT2D eigenvalue weighted by molar-refractivity contribution is 5.93. The zero-order valence-corrected chi connectivity index (χ0v) is 20.2. The number of carbonyl (C=O) groups excluding carboxylic acids is 1. The molecule has 10 heteroatoms. The third-order valence-corrected chi connectivity index (χ3v) is 7.00. The maximum Gasteiger partial charge on any atom is 0.451 e. The molecule has 1 N–H and O–H groups in total. The Bertz CT molecular complexity index is 1060. The van der Waals surface area contributed by atoms with Gasteiger partial charge in [0.15, 0.2) is 0 Å². The molecule has 0 aliphatic carbocycles. The number of alkyl halides is 3. The largest absolute Gasteiger partial charge is 0.491 e. The van der Waals surface area contributed by atoms with Crippen LogP contribution in [0.15, 0.2) is 24.5 Å². The average Bonchev–Trinajstić information content (AvgIpc) is 2.83. The number of fused-ring (bicyclic) bond motifs is 1. The first kappa shape index (κ1) is 25.4. The quantitative estimate of drug-likeness (QED) is 0.682. The molecule has 2 fully saturated rings. The van der Waals surface area contributed by atoms with E-state index in [2.05, 4.69) is 27.9 Å². The molecule has 1 amide bonds. The van der Waals surface area contributed by atoms with E-state index in [0.29, 0.717) is 19.6 Å². The fourth-order valence-corrected chi connectivity index (χ4v) is 5.08. The van der Waals surface area contributed by atoms with Crippen LogP contribution in [0, 0.1) is 13.8 Å². The highest BCUT2D eigenvalue weighted by atomic mass is 19.4. The number of piperidine rings is 1. The topological polar surface area (TPSA) is 78.8 Å². The molecular formula is C25H31F3N4O3. The molecule has 2 aliphatic heterocycles. The lowest BCUT2D eigenvalue weighted by Crippen LogP contribution is -2.57. The lowest BCUT2D eigenvalue weighted by atomic mass is 9.86. The molecule has 1 aromatic heterocycles. The van der Waals surface area contributed by atoms with Crippen molar-refractivity contribution in [3.8, 4) is 5.75 Å². The Morgan fingerprint density at radius 3 is 2.54 bits per heavy atom. The first-order valence-corrected chi connectivity index (χ1v) is 11.9. The summed E-state index contributed by atoms with van der Waals surface area (Å²) in [5, 5.41) is 9.53. The van der Waals surface area contributed by atoms with Gasteiger partial charge in [-0.15, -0.1) is 0 Å². The summed E-state index contributed by atoms with van der Waals surface area (Å²) in [5.74, 6) is -0.817. The molecule has 1 aromatic carbocycles. The van der Waals surface area contributed by atoms with Gasteiger partial charge >= 0.3 is 6.18 Å². The van der Waals surface area contributed by atoms with Gasteiger partial charge < -0.3 is 14.7 Å². The minimum absolute atomic E-state index is 0.0677. The zero-order valence-electron chi connectivity index (χ0n) is 20.2. The smallest absolute Gasteiger partial charge is 0.451 e. The van der Waals surface area contributed by atoms with Crippen molar-refractivity contribution >= 4 is 5.91 Å². The van der Waals surface area contributed by atoms with E-state index in [1.54, 1.807) is 11.8 Å². The van der Waals surface area contributed by atoms with E-state index >= 15 is 0 Å². The highest BCUT2D eigenvalue weighted by Crippen LogP contribution is 2.39. The summed E-state index contributed by atoms with van der Waals surface area (Å²) >= 11 is 0. The fraction of sp³-hybridized carbons (Fsp3) is 0.560. The van der Waals surface area contributed by atoms with E-state index in [-0.39, 0.29) is 30.2 Å². The zero-order chi connectivity index (χ0) is 25.3. The van der Waals surface area contributed by atoms with Gasteiger partial charge in [-0.05, 0) is 62.8 Å². The summed E-state index contributed by atoms with van der Waals surface area (Å²) < 4.78 is 44.0. The minimum Gasteiger partial charge on any atom is -0.491 e. The number of piperazine rings is 1. The van der Waals surface area contributed by atoms with E-state index in [0.717, 1.165) is 43.0 Å². The minimum atomic E-state index is -4.64. The number of aliphatic hydroxyl groups excluding tert-OH is 1. The van der Waals surface area contributed by atoms with Gasteiger partial charge in [0.25, 0.3) is 5.91 Å². The molecule has 0 spiro atoms. The predicted octanol–water partition coefficient (Wildman–Crippen LogP) is 3.92. The molecule has 0 saturated carbocycles. The molecule has 35 heavy (non-hydrogen) atoms. The van der Waals surface area contributed by atoms with E-state index in [1.165, 1.54) is 11.1 Å². The number of amides is 1. The number of halogens is 3. The first-order valence-electron chi connectivity index (χ1n) is 11.9. The third-order valence-electron chi connectivity index (χ3n) is 7.00. The van der Waals surface area contributed by atoms with Crippen molar-refractivity contribution < 1.29 is 27.8 Å². The molecule has 3 heterocycles. The van der Waals surface area contributed by atoms with Crippen LogP contribution in [-0.2, 0) is 6.18 Å². The fourth-order valence-electron chi connectivity index (χ4n) is 5.08. The number of aliphatic hydroxyl groups is 1. The summed E-state index contributed by atoms with van der Waals surface area (Å²) in [7, 11) is 0. The van der Waals surface area contributed by atoms with Crippen LogP contribution in [0.4, 0.5) is 13.2 Å². The highest BCUT2D eigenvalue weighted by Gasteiger charge is 2.38. The standard InChI is InChI=1S/C25H31F3N4O3/c1-15(33)14-35-22-8-7-20(16(2)17(22)3)21-6-4-5-19-13-31(9-10-32(19)21)23(34)18-11-29-24(30-12-18)25(26,27)28/h7-8,11-12,15,19,21,33H,4-6,9-10,13-14H2,1-3H3/t15-,19?,21+/m0/s1. The maximum absolute atomic E-state index is 12.9. The number of aromatic nitrogens is 2. The van der Waals surface area contributed by atoms with Gasteiger partial charge in [-0.3, -0.25) is 9.69 Å². The predicted molar refractivity (Wildman–Crippen MR) is 123 cm³/mol. The van der Waals surface area contributed by atoms with E-state index in [4.69, 9.17) is 4.74 Å². The van der Waals surface area contributed by atoms with Gasteiger partial charge in [0.05, 0.1) is 11.7 Å². The summed E-state index contributed by atoms with van der Waals surface area (Å²) in [4.78, 5) is 23.8. The SMILES string of the molecule is Cc1c(OC[C@H](C)O)ccc([C@H]2CCCC3CN(C(=O)c4cnc(C(F)(F)F)nc4)CCN32)c1C. The Kier molecular flexibility index (Phi) is 7.32. The molecule has 2 saturated heterocycles. The Morgan fingerprint density at radius 1 is 1.17 bits per heavy atom. The number of benzene rings is 1. The average molecular weight is 493 g/mol. The molecule has 2 aliphatic rings. The normalized spacial score (nSPS) is 22.0. The van der Waals surface area contributed by atoms with Crippen LogP contribution < -0.4 is 4.74 Å². The number of hydrogen-bond donors (Lipinski definition) is 1. The van der Waals surface area contributed by atoms with Crippen LogP contribution in [0.3, 0.4) is 0 Å². The summed E-state index contributed by atoms with van der Waals surface area (Å²) in [6.45, 7) is 7.73. The van der Waals surface area contributed by atoms with Crippen LogP contribution >= 0.6 is 0 Å². The molecule has 3 atom stereocenters. The molecule has 190 valence electrons. The van der Waals surface area contributed by atoms with Gasteiger partial charge in [0.2, 0.25) is 5.82 Å². The lowest BCUT2D eigenvalue weighted by Gasteiger charge is -2.48. The summed E-state index contributed by atoms with van der Waals surface area (Å²) in [5.41, 5.74) is 3.53. The number of ether oxygens (including phenoxy) is 1. The Labute approximate surface area is 202 Å². The monoisotopic (exact) mass is 492 g/mol. The van der Waals surface area contributed by atoms with Gasteiger partial charge in [-0.2, -0.15) is 13.2 Å². The second-order valence-corrected chi connectivity index (χ2v) is 9.45. The number of nitrogens with zero attached hydrogens (tertiary/aromatic N) is 4. The van der Waals surface area contributed by atoms with E-state index in [1.807, 2.05) is 13.0 Å². The molecule has 7 nitrogen and oxygen atoms in total. The van der Waals surface area contributed by atoms with Crippen molar-refractivity contribution in [1.29, 1.82) is 0 Å². The van der Waals surface area contributed by atoms with Crippen molar-refractivity contribution in [2.24, 2.45) is 0 Å². The van der Waals surface area contributed by atoms with Crippen LogP contribution in [0.25, 0.3) is 0 Å². The van der Waals surface area contributed by atoms with Crippen molar-refractivity contribution in [2.75, 3.05) is 26.2 Å². The van der Waals surface area contributed by atoms with Gasteiger partial charge in [0, 0.05) is 44.1 Å². The van der Waals surface area contributed by atoms with Gasteiger partial charge in [-0.1, -0.05) is 6.07 Å². The Balaban J connectivity index is 1.46.